The van der Waals surface area contributed by atoms with E-state index in [1.807, 2.05) is 4.90 Å². The fraction of sp³-hybridized carbons (Fsp3) is 0.650. The molecule has 2 heterocycles. The van der Waals surface area contributed by atoms with Crippen LogP contribution < -0.4 is 4.74 Å². The summed E-state index contributed by atoms with van der Waals surface area (Å²) in [4.78, 5) is 17.4. The van der Waals surface area contributed by atoms with Gasteiger partial charge < -0.3 is 14.5 Å². The molecule has 3 fully saturated rings. The number of likely N-dealkylation sites (N-methyl/N-ethyl adjacent to an activating group) is 1. The van der Waals surface area contributed by atoms with Gasteiger partial charge in [0.25, 0.3) is 5.91 Å². The second-order valence-corrected chi connectivity index (χ2v) is 8.28. The van der Waals surface area contributed by atoms with Gasteiger partial charge in [-0.05, 0) is 38.4 Å². The van der Waals surface area contributed by atoms with E-state index in [0.717, 1.165) is 37.9 Å². The number of halogens is 2. The Kier molecular flexibility index (Phi) is 4.41. The predicted molar refractivity (Wildman–Crippen MR) is 93.9 cm³/mol. The summed E-state index contributed by atoms with van der Waals surface area (Å²) in [6.07, 6.45) is 5.58. The summed E-state index contributed by atoms with van der Waals surface area (Å²) < 4.78 is 32.2. The quantitative estimate of drug-likeness (QED) is 0.826. The van der Waals surface area contributed by atoms with Crippen molar-refractivity contribution in [1.82, 2.24) is 9.80 Å². The highest BCUT2D eigenvalue weighted by Gasteiger charge is 2.59. The standard InChI is InChI=1S/C20H26F2N2O2/c1-20-10-14-11-23(2)17(20)5-3-4-6-18(20)24(14)19(25)12-26-16-8-7-13(21)9-15(16)22/h7-9,14,17-18H,3-6,10-12H2,1-2H3/t14-,17+,18-,20+/m0/s1. The molecule has 1 aromatic rings. The van der Waals surface area contributed by atoms with E-state index in [-0.39, 0.29) is 35.8 Å². The van der Waals surface area contributed by atoms with Crippen molar-refractivity contribution in [1.29, 1.82) is 0 Å². The zero-order valence-corrected chi connectivity index (χ0v) is 15.4. The van der Waals surface area contributed by atoms with Gasteiger partial charge in [-0.25, -0.2) is 8.78 Å². The van der Waals surface area contributed by atoms with Crippen LogP contribution in [0.5, 0.6) is 5.75 Å². The van der Waals surface area contributed by atoms with Crippen molar-refractivity contribution >= 4 is 5.91 Å². The summed E-state index contributed by atoms with van der Waals surface area (Å²) in [7, 11) is 2.16. The van der Waals surface area contributed by atoms with Gasteiger partial charge in [-0.2, -0.15) is 0 Å². The van der Waals surface area contributed by atoms with Crippen LogP contribution in [0.4, 0.5) is 8.78 Å². The van der Waals surface area contributed by atoms with Crippen molar-refractivity contribution < 1.29 is 18.3 Å². The first-order valence-electron chi connectivity index (χ1n) is 9.49. The van der Waals surface area contributed by atoms with Crippen LogP contribution in [0.15, 0.2) is 18.2 Å². The molecule has 0 spiro atoms. The summed E-state index contributed by atoms with van der Waals surface area (Å²) >= 11 is 0. The third-order valence-electron chi connectivity index (χ3n) is 6.70. The third-order valence-corrected chi connectivity index (χ3v) is 6.70. The normalized spacial score (nSPS) is 33.8. The van der Waals surface area contributed by atoms with E-state index in [1.165, 1.54) is 18.9 Å². The summed E-state index contributed by atoms with van der Waals surface area (Å²) in [6.45, 7) is 3.00. The molecule has 2 saturated heterocycles. The molecule has 3 aliphatic rings. The van der Waals surface area contributed by atoms with E-state index < -0.39 is 11.6 Å². The van der Waals surface area contributed by atoms with Gasteiger partial charge >= 0.3 is 0 Å². The lowest BCUT2D eigenvalue weighted by molar-refractivity contribution is -0.136. The molecular formula is C20H26F2N2O2. The average Bonchev–Trinajstić information content (AvgIpc) is 2.69. The van der Waals surface area contributed by atoms with Crippen molar-refractivity contribution in [3.8, 4) is 5.75 Å². The molecule has 1 aromatic carbocycles. The molecule has 4 rings (SSSR count). The minimum atomic E-state index is -0.779. The fourth-order valence-corrected chi connectivity index (χ4v) is 5.67. The van der Waals surface area contributed by atoms with Gasteiger partial charge in [-0.3, -0.25) is 4.79 Å². The number of fused-ring (bicyclic) bond motifs is 1. The number of carbonyl (C=O) groups excluding carboxylic acids is 1. The molecule has 142 valence electrons. The monoisotopic (exact) mass is 364 g/mol. The van der Waals surface area contributed by atoms with Gasteiger partial charge in [0, 0.05) is 36.2 Å². The minimum absolute atomic E-state index is 0.0796. The second kappa shape index (κ2) is 6.48. The second-order valence-electron chi connectivity index (χ2n) is 8.28. The Bertz CT molecular complexity index is 713. The van der Waals surface area contributed by atoms with E-state index in [4.69, 9.17) is 4.74 Å². The molecule has 4 atom stereocenters. The van der Waals surface area contributed by atoms with Crippen LogP contribution >= 0.6 is 0 Å². The largest absolute Gasteiger partial charge is 0.481 e. The molecule has 6 heteroatoms. The van der Waals surface area contributed by atoms with E-state index in [9.17, 15) is 13.6 Å². The molecule has 0 N–H and O–H groups in total. The lowest BCUT2D eigenvalue weighted by atomic mass is 9.71. The third kappa shape index (κ3) is 2.79. The van der Waals surface area contributed by atoms with Gasteiger partial charge in [-0.15, -0.1) is 0 Å². The summed E-state index contributed by atoms with van der Waals surface area (Å²) in [6, 6.07) is 4.07. The number of hydrogen-bond donors (Lipinski definition) is 0. The number of carbonyl (C=O) groups is 1. The summed E-state index contributed by atoms with van der Waals surface area (Å²) in [5.74, 6) is -1.61. The van der Waals surface area contributed by atoms with Crippen LogP contribution in [0.2, 0.25) is 0 Å². The van der Waals surface area contributed by atoms with Crippen molar-refractivity contribution in [2.45, 2.75) is 57.2 Å². The fourth-order valence-electron chi connectivity index (χ4n) is 5.67. The van der Waals surface area contributed by atoms with E-state index in [0.29, 0.717) is 6.04 Å². The SMILES string of the molecule is CN1C[C@@H]2C[C@@]3(C)[C@H](CCCC[C@@H]13)N2C(=O)COc1ccc(F)cc1F. The van der Waals surface area contributed by atoms with Crippen molar-refractivity contribution in [3.63, 3.8) is 0 Å². The number of benzene rings is 1. The van der Waals surface area contributed by atoms with Gasteiger partial charge in [0.2, 0.25) is 0 Å². The highest BCUT2D eigenvalue weighted by atomic mass is 19.1. The van der Waals surface area contributed by atoms with Crippen molar-refractivity contribution in [2.24, 2.45) is 5.41 Å². The first-order valence-corrected chi connectivity index (χ1v) is 9.49. The number of amides is 1. The highest BCUT2D eigenvalue weighted by molar-refractivity contribution is 5.79. The topological polar surface area (TPSA) is 32.8 Å². The number of nitrogens with zero attached hydrogens (tertiary/aromatic N) is 2. The molecule has 0 unspecified atom stereocenters. The van der Waals surface area contributed by atoms with Gasteiger partial charge in [0.15, 0.2) is 18.2 Å². The number of rotatable bonds is 3. The maximum atomic E-state index is 13.8. The molecule has 1 aliphatic carbocycles. The number of piperidine rings is 1. The van der Waals surface area contributed by atoms with Crippen molar-refractivity contribution in [2.75, 3.05) is 20.2 Å². The Morgan fingerprint density at radius 3 is 2.73 bits per heavy atom. The molecule has 0 radical (unpaired) electrons. The molecule has 2 bridgehead atoms. The van der Waals surface area contributed by atoms with Crippen molar-refractivity contribution in [3.05, 3.63) is 29.8 Å². The molecule has 4 nitrogen and oxygen atoms in total. The maximum absolute atomic E-state index is 13.8. The summed E-state index contributed by atoms with van der Waals surface area (Å²) in [5.41, 5.74) is 0.116. The Labute approximate surface area is 153 Å². The van der Waals surface area contributed by atoms with Crippen LogP contribution in [-0.2, 0) is 4.79 Å². The van der Waals surface area contributed by atoms with Crippen LogP contribution in [0, 0.1) is 17.0 Å². The first kappa shape index (κ1) is 17.7. The van der Waals surface area contributed by atoms with Crippen LogP contribution in [0.1, 0.15) is 39.0 Å². The Morgan fingerprint density at radius 1 is 1.27 bits per heavy atom. The molecule has 0 aromatic heterocycles. The number of ether oxygens (including phenoxy) is 1. The van der Waals surface area contributed by atoms with E-state index in [1.54, 1.807) is 0 Å². The highest BCUT2D eigenvalue weighted by Crippen LogP contribution is 2.52. The van der Waals surface area contributed by atoms with Crippen LogP contribution in [0.3, 0.4) is 0 Å². The van der Waals surface area contributed by atoms with Gasteiger partial charge in [0.05, 0.1) is 0 Å². The lowest BCUT2D eigenvalue weighted by Crippen LogP contribution is -2.51. The maximum Gasteiger partial charge on any atom is 0.261 e. The smallest absolute Gasteiger partial charge is 0.261 e. The molecule has 1 saturated carbocycles. The van der Waals surface area contributed by atoms with E-state index in [2.05, 4.69) is 18.9 Å². The van der Waals surface area contributed by atoms with Gasteiger partial charge in [-0.1, -0.05) is 19.8 Å². The Hall–Kier alpha value is -1.69. The predicted octanol–water partition coefficient (Wildman–Crippen LogP) is 3.21. The van der Waals surface area contributed by atoms with Gasteiger partial charge in [0.1, 0.15) is 5.82 Å². The molecule has 1 amide bonds. The number of likely N-dealkylation sites (tertiary alicyclic amines) is 2. The van der Waals surface area contributed by atoms with E-state index >= 15 is 0 Å². The Morgan fingerprint density at radius 2 is 2.00 bits per heavy atom. The minimum Gasteiger partial charge on any atom is -0.481 e. The zero-order chi connectivity index (χ0) is 18.5. The molecule has 26 heavy (non-hydrogen) atoms. The summed E-state index contributed by atoms with van der Waals surface area (Å²) in [5, 5.41) is 0. The lowest BCUT2D eigenvalue weighted by Gasteiger charge is -2.44. The first-order chi connectivity index (χ1) is 12.4. The Balaban J connectivity index is 1.52. The number of hydrogen-bond acceptors (Lipinski definition) is 3. The molecular weight excluding hydrogens is 338 g/mol. The average molecular weight is 364 g/mol. The van der Waals surface area contributed by atoms with Crippen LogP contribution in [0.25, 0.3) is 0 Å². The van der Waals surface area contributed by atoms with Crippen LogP contribution in [-0.4, -0.2) is 54.0 Å². The molecule has 2 aliphatic heterocycles. The zero-order valence-electron chi connectivity index (χ0n) is 15.4.